The van der Waals surface area contributed by atoms with Crippen LogP contribution in [0.3, 0.4) is 0 Å². The lowest BCUT2D eigenvalue weighted by molar-refractivity contribution is 0.102. The highest BCUT2D eigenvalue weighted by molar-refractivity contribution is 6.03. The van der Waals surface area contributed by atoms with Gasteiger partial charge in [0.25, 0.3) is 11.5 Å². The molecule has 3 heterocycles. The van der Waals surface area contributed by atoms with Crippen LogP contribution in [-0.2, 0) is 0 Å². The Hall–Kier alpha value is -5.43. The number of pyridine rings is 1. The summed E-state index contributed by atoms with van der Waals surface area (Å²) in [7, 11) is 1.54. The van der Waals surface area contributed by atoms with Gasteiger partial charge in [-0.2, -0.15) is 9.78 Å². The second-order valence-electron chi connectivity index (χ2n) is 11.3. The van der Waals surface area contributed by atoms with Crippen molar-refractivity contribution in [2.75, 3.05) is 38.7 Å². The Morgan fingerprint density at radius 2 is 1.71 bits per heavy atom. The molecule has 0 bridgehead atoms. The molecule has 1 aliphatic heterocycles. The minimum absolute atomic E-state index is 0.0709. The molecule has 3 aromatic carbocycles. The highest BCUT2D eigenvalue weighted by atomic mass is 19.2. The molecule has 0 aliphatic carbocycles. The molecule has 248 valence electrons. The molecule has 2 aromatic heterocycles. The molecule has 6 rings (SSSR count). The van der Waals surface area contributed by atoms with E-state index in [1.807, 2.05) is 0 Å². The number of halogens is 3. The number of benzene rings is 3. The van der Waals surface area contributed by atoms with Crippen molar-refractivity contribution in [1.29, 1.82) is 0 Å². The lowest BCUT2D eigenvalue weighted by atomic mass is 10.1. The van der Waals surface area contributed by atoms with Crippen LogP contribution in [0.25, 0.3) is 16.6 Å². The molecule has 1 aliphatic rings. The number of likely N-dealkylation sites (tertiary alicyclic amines) is 1. The Labute approximate surface area is 273 Å². The summed E-state index contributed by atoms with van der Waals surface area (Å²) >= 11 is 0. The fourth-order valence-corrected chi connectivity index (χ4v) is 5.51. The van der Waals surface area contributed by atoms with E-state index in [1.165, 1.54) is 39.0 Å². The number of carbonyl (C=O) groups excluding carboxylic acids is 1. The van der Waals surface area contributed by atoms with Crippen LogP contribution in [0.2, 0.25) is 0 Å². The molecule has 1 amide bonds. The van der Waals surface area contributed by atoms with Crippen molar-refractivity contribution < 1.29 is 32.2 Å². The van der Waals surface area contributed by atoms with Gasteiger partial charge in [0.1, 0.15) is 5.75 Å². The highest BCUT2D eigenvalue weighted by Crippen LogP contribution is 2.38. The van der Waals surface area contributed by atoms with E-state index in [4.69, 9.17) is 14.2 Å². The molecule has 1 saturated heterocycles. The zero-order valence-corrected chi connectivity index (χ0v) is 26.3. The third-order valence-electron chi connectivity index (χ3n) is 7.96. The maximum atomic E-state index is 15.3. The van der Waals surface area contributed by atoms with Gasteiger partial charge in [-0.3, -0.25) is 14.6 Å². The summed E-state index contributed by atoms with van der Waals surface area (Å²) in [4.78, 5) is 32.5. The van der Waals surface area contributed by atoms with Crippen molar-refractivity contribution in [3.05, 3.63) is 106 Å². The number of nitrogens with one attached hydrogen (secondary N) is 1. The first-order valence-electron chi connectivity index (χ1n) is 15.4. The second-order valence-corrected chi connectivity index (χ2v) is 11.3. The van der Waals surface area contributed by atoms with Crippen LogP contribution in [0.1, 0.15) is 35.3 Å². The van der Waals surface area contributed by atoms with Crippen LogP contribution in [0, 0.1) is 24.4 Å². The third-order valence-corrected chi connectivity index (χ3v) is 7.96. The highest BCUT2D eigenvalue weighted by Gasteiger charge is 2.18. The smallest absolute Gasteiger partial charge is 0.276 e. The Balaban J connectivity index is 1.17. The maximum absolute atomic E-state index is 15.3. The van der Waals surface area contributed by atoms with Gasteiger partial charge >= 0.3 is 0 Å². The molecule has 48 heavy (non-hydrogen) atoms. The number of fused-ring (bicyclic) bond motifs is 1. The molecule has 0 unspecified atom stereocenters. The van der Waals surface area contributed by atoms with E-state index in [-0.39, 0.29) is 28.4 Å². The van der Waals surface area contributed by atoms with E-state index in [0.29, 0.717) is 34.8 Å². The number of anilines is 1. The zero-order chi connectivity index (χ0) is 33.8. The first kappa shape index (κ1) is 32.5. The van der Waals surface area contributed by atoms with Gasteiger partial charge in [-0.15, -0.1) is 0 Å². The number of hydrogen-bond acceptors (Lipinski definition) is 8. The Bertz CT molecular complexity index is 2050. The summed E-state index contributed by atoms with van der Waals surface area (Å²) < 4.78 is 60.8. The van der Waals surface area contributed by atoms with Gasteiger partial charge in [0.05, 0.1) is 24.9 Å². The molecular formula is C35H32F3N5O5. The number of ether oxygens (including phenoxy) is 3. The molecule has 0 radical (unpaired) electrons. The van der Waals surface area contributed by atoms with E-state index in [9.17, 15) is 18.4 Å². The van der Waals surface area contributed by atoms with E-state index in [2.05, 4.69) is 20.3 Å². The van der Waals surface area contributed by atoms with Gasteiger partial charge < -0.3 is 24.4 Å². The van der Waals surface area contributed by atoms with E-state index in [1.54, 1.807) is 24.4 Å². The average molecular weight is 660 g/mol. The summed E-state index contributed by atoms with van der Waals surface area (Å²) in [6.07, 6.45) is 4.90. The summed E-state index contributed by atoms with van der Waals surface area (Å²) in [6.45, 7) is 5.25. The van der Waals surface area contributed by atoms with E-state index >= 15 is 4.39 Å². The molecule has 1 N–H and O–H groups in total. The quantitative estimate of drug-likeness (QED) is 0.162. The number of rotatable bonds is 11. The lowest BCUT2D eigenvalue weighted by Crippen LogP contribution is -2.26. The van der Waals surface area contributed by atoms with Crippen molar-refractivity contribution in [3.8, 4) is 28.7 Å². The fraction of sp³-hybridized carbons (Fsp3) is 0.257. The molecule has 0 spiro atoms. The molecule has 0 saturated carbocycles. The van der Waals surface area contributed by atoms with Crippen LogP contribution in [0.5, 0.6) is 23.0 Å². The number of carbonyl (C=O) groups is 1. The lowest BCUT2D eigenvalue weighted by Gasteiger charge is -2.16. The van der Waals surface area contributed by atoms with Gasteiger partial charge in [0.15, 0.2) is 40.4 Å². The van der Waals surface area contributed by atoms with Crippen LogP contribution in [0.4, 0.5) is 18.9 Å². The summed E-state index contributed by atoms with van der Waals surface area (Å²) in [5.41, 5.74) is -0.0114. The molecule has 10 nitrogen and oxygen atoms in total. The minimum Gasteiger partial charge on any atom is -0.493 e. The van der Waals surface area contributed by atoms with Gasteiger partial charge in [0.2, 0.25) is 0 Å². The monoisotopic (exact) mass is 659 g/mol. The van der Waals surface area contributed by atoms with Crippen LogP contribution < -0.4 is 25.1 Å². The summed E-state index contributed by atoms with van der Waals surface area (Å²) in [5.74, 6) is -2.54. The van der Waals surface area contributed by atoms with Crippen molar-refractivity contribution >= 4 is 22.5 Å². The Morgan fingerprint density at radius 1 is 0.896 bits per heavy atom. The van der Waals surface area contributed by atoms with E-state index < -0.39 is 28.9 Å². The second kappa shape index (κ2) is 14.1. The largest absolute Gasteiger partial charge is 0.493 e. The predicted molar refractivity (Wildman–Crippen MR) is 173 cm³/mol. The fourth-order valence-electron chi connectivity index (χ4n) is 5.51. The maximum Gasteiger partial charge on any atom is 0.276 e. The topological polar surface area (TPSA) is 108 Å². The number of hydrogen-bond donors (Lipinski definition) is 1. The van der Waals surface area contributed by atoms with Crippen molar-refractivity contribution in [2.24, 2.45) is 0 Å². The third kappa shape index (κ3) is 7.10. The minimum atomic E-state index is -1.18. The molecule has 1 fully saturated rings. The SMILES string of the molecule is COc1cc2c(Oc3ccc(NC(=O)c4nn(-c5ccc(F)c(F)c5)c(=O)cc4C)cc3F)ccnc2cc1OCCCN1CCCC1. The summed E-state index contributed by atoms with van der Waals surface area (Å²) in [5, 5.41) is 7.17. The van der Waals surface area contributed by atoms with Crippen molar-refractivity contribution in [3.63, 3.8) is 0 Å². The van der Waals surface area contributed by atoms with Gasteiger partial charge in [-0.25, -0.2) is 13.2 Å². The molecule has 5 aromatic rings. The van der Waals surface area contributed by atoms with Crippen LogP contribution in [0.15, 0.2) is 71.7 Å². The van der Waals surface area contributed by atoms with E-state index in [0.717, 1.165) is 61.1 Å². The molecule has 13 heteroatoms. The number of nitrogens with zero attached hydrogens (tertiary/aromatic N) is 4. The van der Waals surface area contributed by atoms with Gasteiger partial charge in [-0.05, 0) is 81.2 Å². The Kier molecular flexibility index (Phi) is 9.57. The predicted octanol–water partition coefficient (Wildman–Crippen LogP) is 6.42. The van der Waals surface area contributed by atoms with Crippen LogP contribution in [-0.4, -0.2) is 58.9 Å². The number of amides is 1. The standard InChI is InChI=1S/C35H32F3N5O5/c1-21-16-33(44)43(23-7-8-25(36)26(37)18-23)41-34(21)35(45)40-22-6-9-30(27(38)17-22)48-29-10-11-39-28-20-32(31(46-2)19-24(28)29)47-15-5-14-42-12-3-4-13-42/h6-11,16-20H,3-5,12-15H2,1-2H3,(H,40,45). The Morgan fingerprint density at radius 3 is 2.46 bits per heavy atom. The number of aryl methyl sites for hydroxylation is 1. The van der Waals surface area contributed by atoms with Crippen molar-refractivity contribution in [1.82, 2.24) is 19.7 Å². The average Bonchev–Trinajstić information content (AvgIpc) is 3.59. The summed E-state index contributed by atoms with van der Waals surface area (Å²) in [6, 6.07) is 12.9. The van der Waals surface area contributed by atoms with Crippen molar-refractivity contribution in [2.45, 2.75) is 26.2 Å². The normalized spacial score (nSPS) is 13.1. The zero-order valence-electron chi connectivity index (χ0n) is 26.3. The first-order valence-corrected chi connectivity index (χ1v) is 15.4. The number of aromatic nitrogens is 3. The molecular weight excluding hydrogens is 627 g/mol. The first-order chi connectivity index (χ1) is 23.2. The van der Waals surface area contributed by atoms with Gasteiger partial charge in [0, 0.05) is 48.1 Å². The number of methoxy groups -OCH3 is 1. The molecule has 0 atom stereocenters. The van der Waals surface area contributed by atoms with Crippen LogP contribution >= 0.6 is 0 Å². The van der Waals surface area contributed by atoms with Gasteiger partial charge in [-0.1, -0.05) is 0 Å².